The molecule has 0 aromatic heterocycles. The van der Waals surface area contributed by atoms with Crippen molar-refractivity contribution in [2.24, 2.45) is 0 Å². The third-order valence-electron chi connectivity index (χ3n) is 4.58. The van der Waals surface area contributed by atoms with Crippen LogP contribution < -0.4 is 0 Å². The van der Waals surface area contributed by atoms with Gasteiger partial charge in [-0.2, -0.15) is 0 Å². The first kappa shape index (κ1) is 18.3. The number of benzene rings is 2. The Morgan fingerprint density at radius 2 is 1.42 bits per heavy atom. The minimum absolute atomic E-state index is 0.254. The molecule has 26 heavy (non-hydrogen) atoms. The van der Waals surface area contributed by atoms with Crippen LogP contribution in [-0.4, -0.2) is 16.1 Å². The molecule has 1 aliphatic rings. The summed E-state index contributed by atoms with van der Waals surface area (Å²) in [6.07, 6.45) is 10.3. The van der Waals surface area contributed by atoms with Gasteiger partial charge in [0.15, 0.2) is 0 Å². The maximum Gasteiger partial charge on any atom is 0.115 e. The second-order valence-corrected chi connectivity index (χ2v) is 6.80. The average Bonchev–Trinajstić information content (AvgIpc) is 3.18. The van der Waals surface area contributed by atoms with Crippen LogP contribution in [0.3, 0.4) is 0 Å². The second-order valence-electron chi connectivity index (χ2n) is 6.42. The topological polar surface area (TPSA) is 40.5 Å². The van der Waals surface area contributed by atoms with Crippen LogP contribution in [0.1, 0.15) is 36.8 Å². The fraction of sp³-hybridized carbons (Fsp3) is 0.217. The average molecular weight is 367 g/mol. The van der Waals surface area contributed by atoms with Crippen molar-refractivity contribution in [1.29, 1.82) is 0 Å². The van der Waals surface area contributed by atoms with Gasteiger partial charge in [-0.25, -0.2) is 0 Å². The van der Waals surface area contributed by atoms with Crippen LogP contribution in [0, 0.1) is 0 Å². The molecule has 0 atom stereocenters. The van der Waals surface area contributed by atoms with Crippen molar-refractivity contribution in [3.8, 4) is 11.5 Å². The van der Waals surface area contributed by atoms with E-state index in [0.717, 1.165) is 42.4 Å². The van der Waals surface area contributed by atoms with Crippen LogP contribution in [0.25, 0.3) is 5.57 Å². The van der Waals surface area contributed by atoms with E-state index in [1.165, 1.54) is 11.1 Å². The lowest BCUT2D eigenvalue weighted by Crippen LogP contribution is -1.98. The number of unbranched alkanes of at least 4 members (excludes halogenated alkanes) is 1. The summed E-state index contributed by atoms with van der Waals surface area (Å²) in [6.45, 7) is 0. The lowest BCUT2D eigenvalue weighted by atomic mass is 9.86. The van der Waals surface area contributed by atoms with Crippen molar-refractivity contribution >= 4 is 17.2 Å². The zero-order valence-electron chi connectivity index (χ0n) is 14.7. The van der Waals surface area contributed by atoms with Crippen molar-refractivity contribution in [3.63, 3.8) is 0 Å². The lowest BCUT2D eigenvalue weighted by molar-refractivity contribution is 0.475. The Morgan fingerprint density at radius 3 is 1.88 bits per heavy atom. The van der Waals surface area contributed by atoms with Gasteiger partial charge in [0.1, 0.15) is 11.5 Å². The number of hydrogen-bond donors (Lipinski definition) is 2. The quantitative estimate of drug-likeness (QED) is 0.452. The predicted molar refractivity (Wildman–Crippen MR) is 109 cm³/mol. The van der Waals surface area contributed by atoms with E-state index in [1.54, 1.807) is 24.3 Å². The minimum Gasteiger partial charge on any atom is -0.508 e. The Hall–Kier alpha value is -2.45. The van der Waals surface area contributed by atoms with Crippen LogP contribution in [-0.2, 0) is 0 Å². The van der Waals surface area contributed by atoms with E-state index in [1.807, 2.05) is 24.3 Å². The highest BCUT2D eigenvalue weighted by atomic mass is 35.5. The Kier molecular flexibility index (Phi) is 6.19. The molecule has 2 nitrogen and oxygen atoms in total. The number of hydrogen-bond acceptors (Lipinski definition) is 2. The third kappa shape index (κ3) is 4.39. The Balaban J connectivity index is 2.14. The van der Waals surface area contributed by atoms with Gasteiger partial charge < -0.3 is 10.2 Å². The molecule has 2 aromatic rings. The van der Waals surface area contributed by atoms with E-state index in [4.69, 9.17) is 11.6 Å². The molecule has 0 unspecified atom stereocenters. The molecule has 0 heterocycles. The summed E-state index contributed by atoms with van der Waals surface area (Å²) in [7, 11) is 0. The van der Waals surface area contributed by atoms with Gasteiger partial charge in [-0.15, -0.1) is 11.6 Å². The van der Waals surface area contributed by atoms with Gasteiger partial charge in [-0.3, -0.25) is 0 Å². The van der Waals surface area contributed by atoms with Crippen molar-refractivity contribution in [2.75, 3.05) is 5.88 Å². The van der Waals surface area contributed by atoms with Gasteiger partial charge in [0.2, 0.25) is 0 Å². The van der Waals surface area contributed by atoms with Crippen LogP contribution in [0.5, 0.6) is 11.5 Å². The largest absolute Gasteiger partial charge is 0.508 e. The standard InChI is InChI=1S/C23H23ClO2/c24-16-4-3-7-22(17-5-1-2-6-17)23(18-8-12-20(25)13-9-18)19-10-14-21(26)15-11-19/h1-2,5,8-15,25-26H,3-4,6-7,16H2. The zero-order valence-corrected chi connectivity index (χ0v) is 15.4. The summed E-state index contributed by atoms with van der Waals surface area (Å²) in [5, 5.41) is 19.4. The summed E-state index contributed by atoms with van der Waals surface area (Å²) in [4.78, 5) is 0. The Bertz CT molecular complexity index is 780. The highest BCUT2D eigenvalue weighted by Gasteiger charge is 2.16. The molecular formula is C23H23ClO2. The number of aromatic hydroxyl groups is 2. The number of phenols is 2. The predicted octanol–water partition coefficient (Wildman–Crippen LogP) is 6.20. The molecular weight excluding hydrogens is 344 g/mol. The monoisotopic (exact) mass is 366 g/mol. The number of phenolic OH excluding ortho intramolecular Hbond substituents is 2. The SMILES string of the molecule is Oc1ccc(C(=C(CCCCCl)C2=CC=CC2)c2ccc(O)cc2)cc1. The number of halogens is 1. The molecule has 0 aliphatic heterocycles. The fourth-order valence-electron chi connectivity index (χ4n) is 3.28. The first-order valence-corrected chi connectivity index (χ1v) is 9.46. The fourth-order valence-corrected chi connectivity index (χ4v) is 3.47. The first-order chi connectivity index (χ1) is 12.7. The van der Waals surface area contributed by atoms with Crippen molar-refractivity contribution < 1.29 is 10.2 Å². The molecule has 1 aliphatic carbocycles. The van der Waals surface area contributed by atoms with Crippen molar-refractivity contribution in [3.05, 3.63) is 89.0 Å². The lowest BCUT2D eigenvalue weighted by Gasteiger charge is -2.18. The van der Waals surface area contributed by atoms with Crippen molar-refractivity contribution in [2.45, 2.75) is 25.7 Å². The zero-order chi connectivity index (χ0) is 18.4. The van der Waals surface area contributed by atoms with Gasteiger partial charge in [0.25, 0.3) is 0 Å². The molecule has 0 bridgehead atoms. The van der Waals surface area contributed by atoms with E-state index >= 15 is 0 Å². The van der Waals surface area contributed by atoms with Gasteiger partial charge in [-0.1, -0.05) is 42.5 Å². The molecule has 0 saturated carbocycles. The van der Waals surface area contributed by atoms with Gasteiger partial charge in [0, 0.05) is 5.88 Å². The molecule has 0 fully saturated rings. The Morgan fingerprint density at radius 1 is 0.846 bits per heavy atom. The minimum atomic E-state index is 0.254. The van der Waals surface area contributed by atoms with E-state index in [9.17, 15) is 10.2 Å². The van der Waals surface area contributed by atoms with E-state index in [2.05, 4.69) is 18.2 Å². The van der Waals surface area contributed by atoms with Gasteiger partial charge >= 0.3 is 0 Å². The Labute approximate surface area is 159 Å². The molecule has 0 spiro atoms. The number of alkyl halides is 1. The molecule has 0 saturated heterocycles. The second kappa shape index (κ2) is 8.77. The highest BCUT2D eigenvalue weighted by Crippen LogP contribution is 2.37. The van der Waals surface area contributed by atoms with Crippen LogP contribution in [0.15, 0.2) is 77.9 Å². The smallest absolute Gasteiger partial charge is 0.115 e. The number of allylic oxidation sites excluding steroid dienone is 5. The summed E-state index contributed by atoms with van der Waals surface area (Å²) >= 11 is 5.89. The third-order valence-corrected chi connectivity index (χ3v) is 4.85. The maximum absolute atomic E-state index is 9.68. The molecule has 134 valence electrons. The summed E-state index contributed by atoms with van der Waals surface area (Å²) in [6, 6.07) is 14.6. The van der Waals surface area contributed by atoms with Gasteiger partial charge in [0.05, 0.1) is 0 Å². The summed E-state index contributed by atoms with van der Waals surface area (Å²) < 4.78 is 0. The van der Waals surface area contributed by atoms with E-state index in [-0.39, 0.29) is 11.5 Å². The molecule has 3 rings (SSSR count). The molecule has 0 radical (unpaired) electrons. The van der Waals surface area contributed by atoms with Crippen LogP contribution in [0.4, 0.5) is 0 Å². The molecule has 3 heteroatoms. The van der Waals surface area contributed by atoms with Gasteiger partial charge in [-0.05, 0) is 77.8 Å². The molecule has 2 aromatic carbocycles. The first-order valence-electron chi connectivity index (χ1n) is 8.93. The summed E-state index contributed by atoms with van der Waals surface area (Å²) in [5.41, 5.74) is 5.88. The van der Waals surface area contributed by atoms with Crippen LogP contribution >= 0.6 is 11.6 Å². The normalized spacial score (nSPS) is 12.9. The number of rotatable bonds is 7. The summed E-state index contributed by atoms with van der Waals surface area (Å²) in [5.74, 6) is 1.17. The van der Waals surface area contributed by atoms with E-state index < -0.39 is 0 Å². The maximum atomic E-state index is 9.68. The van der Waals surface area contributed by atoms with E-state index in [0.29, 0.717) is 5.88 Å². The highest BCUT2D eigenvalue weighted by molar-refractivity contribution is 6.17. The van der Waals surface area contributed by atoms with Crippen molar-refractivity contribution in [1.82, 2.24) is 0 Å². The molecule has 0 amide bonds. The molecule has 2 N–H and O–H groups in total. The van der Waals surface area contributed by atoms with Crippen LogP contribution in [0.2, 0.25) is 0 Å².